The summed E-state index contributed by atoms with van der Waals surface area (Å²) in [5.74, 6) is -0.775. The van der Waals surface area contributed by atoms with Gasteiger partial charge in [-0.15, -0.1) is 0 Å². The number of benzene rings is 1. The molecular weight excluding hydrogens is 293 g/mol. The van der Waals surface area contributed by atoms with Crippen molar-refractivity contribution < 1.29 is 14.3 Å². The van der Waals surface area contributed by atoms with E-state index in [9.17, 15) is 14.3 Å². The second-order valence-corrected chi connectivity index (χ2v) is 6.61. The average Bonchev–Trinajstić information content (AvgIpc) is 2.48. The summed E-state index contributed by atoms with van der Waals surface area (Å²) >= 11 is 5.86. The third-order valence-corrected chi connectivity index (χ3v) is 5.11. The Bertz CT molecular complexity index is 565. The zero-order valence-corrected chi connectivity index (χ0v) is 12.6. The van der Waals surface area contributed by atoms with Crippen molar-refractivity contribution in [2.24, 2.45) is 5.92 Å². The lowest BCUT2D eigenvalue weighted by molar-refractivity contribution is -0.0886. The van der Waals surface area contributed by atoms with E-state index in [1.165, 1.54) is 18.2 Å². The molecule has 2 aliphatic rings. The first-order valence-electron chi connectivity index (χ1n) is 7.46. The maximum atomic E-state index is 13.8. The molecule has 3 nitrogen and oxygen atoms in total. The van der Waals surface area contributed by atoms with Crippen LogP contribution in [-0.2, 0) is 0 Å². The van der Waals surface area contributed by atoms with Gasteiger partial charge in [-0.05, 0) is 37.5 Å². The van der Waals surface area contributed by atoms with Crippen molar-refractivity contribution in [1.29, 1.82) is 0 Å². The molecular formula is C16H19ClFNO2. The third-order valence-electron chi connectivity index (χ3n) is 4.87. The second kappa shape index (κ2) is 5.58. The molecule has 114 valence electrons. The number of hydrogen-bond acceptors (Lipinski definition) is 2. The van der Waals surface area contributed by atoms with E-state index >= 15 is 0 Å². The van der Waals surface area contributed by atoms with Gasteiger partial charge >= 0.3 is 0 Å². The average molecular weight is 312 g/mol. The Balaban J connectivity index is 1.79. The fraction of sp³-hybridized carbons (Fsp3) is 0.562. The van der Waals surface area contributed by atoms with E-state index in [0.29, 0.717) is 24.5 Å². The van der Waals surface area contributed by atoms with Crippen LogP contribution in [-0.4, -0.2) is 34.6 Å². The minimum atomic E-state index is -0.637. The smallest absolute Gasteiger partial charge is 0.256 e. The fourth-order valence-electron chi connectivity index (χ4n) is 3.59. The molecule has 2 unspecified atom stereocenters. The van der Waals surface area contributed by atoms with E-state index in [0.717, 1.165) is 25.7 Å². The van der Waals surface area contributed by atoms with Gasteiger partial charge in [0.25, 0.3) is 5.91 Å². The molecule has 1 amide bonds. The number of fused-ring (bicyclic) bond motifs is 1. The van der Waals surface area contributed by atoms with Gasteiger partial charge in [0.2, 0.25) is 0 Å². The zero-order valence-electron chi connectivity index (χ0n) is 11.8. The van der Waals surface area contributed by atoms with E-state index in [1.54, 1.807) is 4.90 Å². The molecule has 1 saturated heterocycles. The third kappa shape index (κ3) is 2.79. The number of aliphatic hydroxyl groups is 1. The van der Waals surface area contributed by atoms with Crippen molar-refractivity contribution in [2.75, 3.05) is 13.1 Å². The Kier molecular flexibility index (Phi) is 3.93. The van der Waals surface area contributed by atoms with Gasteiger partial charge in [-0.25, -0.2) is 4.39 Å². The SMILES string of the molecule is O=C(c1cc(Cl)ccc1F)N1CCC2(O)CCCCC2C1. The van der Waals surface area contributed by atoms with Gasteiger partial charge < -0.3 is 10.0 Å². The van der Waals surface area contributed by atoms with Crippen LogP contribution in [0.15, 0.2) is 18.2 Å². The van der Waals surface area contributed by atoms with Gasteiger partial charge in [0, 0.05) is 24.0 Å². The summed E-state index contributed by atoms with van der Waals surface area (Å²) in [6, 6.07) is 4.03. The van der Waals surface area contributed by atoms with Crippen LogP contribution in [0.5, 0.6) is 0 Å². The molecule has 1 aliphatic heterocycles. The first-order chi connectivity index (χ1) is 9.99. The molecule has 2 atom stereocenters. The van der Waals surface area contributed by atoms with Crippen LogP contribution in [0, 0.1) is 11.7 Å². The number of likely N-dealkylation sites (tertiary alicyclic amines) is 1. The molecule has 1 aliphatic carbocycles. The lowest BCUT2D eigenvalue weighted by Crippen LogP contribution is -2.54. The number of carbonyl (C=O) groups is 1. The number of halogens is 2. The van der Waals surface area contributed by atoms with E-state index < -0.39 is 11.4 Å². The normalized spacial score (nSPS) is 29.1. The van der Waals surface area contributed by atoms with Crippen LogP contribution in [0.4, 0.5) is 4.39 Å². The molecule has 21 heavy (non-hydrogen) atoms. The summed E-state index contributed by atoms with van der Waals surface area (Å²) in [6.07, 6.45) is 4.44. The number of carbonyl (C=O) groups excluding carboxylic acids is 1. The maximum absolute atomic E-state index is 13.8. The van der Waals surface area contributed by atoms with Crippen LogP contribution in [0.25, 0.3) is 0 Å². The lowest BCUT2D eigenvalue weighted by atomic mass is 9.71. The molecule has 1 N–H and O–H groups in total. The van der Waals surface area contributed by atoms with Crippen LogP contribution >= 0.6 is 11.6 Å². The maximum Gasteiger partial charge on any atom is 0.256 e. The highest BCUT2D eigenvalue weighted by Crippen LogP contribution is 2.40. The van der Waals surface area contributed by atoms with Gasteiger partial charge in [0.15, 0.2) is 0 Å². The molecule has 3 rings (SSSR count). The van der Waals surface area contributed by atoms with Gasteiger partial charge in [0.05, 0.1) is 11.2 Å². The number of hydrogen-bond donors (Lipinski definition) is 1. The van der Waals surface area contributed by atoms with E-state index in [2.05, 4.69) is 0 Å². The Morgan fingerprint density at radius 3 is 3.00 bits per heavy atom. The molecule has 0 radical (unpaired) electrons. The molecule has 1 aromatic carbocycles. The van der Waals surface area contributed by atoms with Gasteiger partial charge in [-0.3, -0.25) is 4.79 Å². The summed E-state index contributed by atoms with van der Waals surface area (Å²) in [5, 5.41) is 11.0. The Morgan fingerprint density at radius 1 is 1.38 bits per heavy atom. The quantitative estimate of drug-likeness (QED) is 0.865. The van der Waals surface area contributed by atoms with Crippen molar-refractivity contribution in [3.8, 4) is 0 Å². The lowest BCUT2D eigenvalue weighted by Gasteiger charge is -2.47. The van der Waals surface area contributed by atoms with E-state index in [1.807, 2.05) is 0 Å². The topological polar surface area (TPSA) is 40.5 Å². The number of piperidine rings is 1. The molecule has 1 aromatic rings. The largest absolute Gasteiger partial charge is 0.389 e. The Labute approximate surface area is 128 Å². The summed E-state index contributed by atoms with van der Waals surface area (Å²) in [5.41, 5.74) is -0.620. The van der Waals surface area contributed by atoms with E-state index in [-0.39, 0.29) is 17.4 Å². The summed E-state index contributed by atoms with van der Waals surface area (Å²) in [7, 11) is 0. The van der Waals surface area contributed by atoms with E-state index in [4.69, 9.17) is 11.6 Å². The van der Waals surface area contributed by atoms with Crippen LogP contribution in [0.2, 0.25) is 5.02 Å². The highest BCUT2D eigenvalue weighted by Gasteiger charge is 2.44. The minimum absolute atomic E-state index is 0.0174. The predicted octanol–water partition coefficient (Wildman–Crippen LogP) is 3.25. The zero-order chi connectivity index (χ0) is 15.0. The monoisotopic (exact) mass is 311 g/mol. The summed E-state index contributed by atoms with van der Waals surface area (Å²) < 4.78 is 13.8. The first kappa shape index (κ1) is 14.8. The first-order valence-corrected chi connectivity index (χ1v) is 7.84. The fourth-order valence-corrected chi connectivity index (χ4v) is 3.76. The Hall–Kier alpha value is -1.13. The van der Waals surface area contributed by atoms with Crippen LogP contribution in [0.1, 0.15) is 42.5 Å². The van der Waals surface area contributed by atoms with Gasteiger partial charge in [0.1, 0.15) is 5.82 Å². The van der Waals surface area contributed by atoms with Crippen molar-refractivity contribution in [2.45, 2.75) is 37.7 Å². The summed E-state index contributed by atoms with van der Waals surface area (Å²) in [4.78, 5) is 14.1. The van der Waals surface area contributed by atoms with Gasteiger partial charge in [-0.1, -0.05) is 24.4 Å². The molecule has 1 heterocycles. The molecule has 0 bridgehead atoms. The van der Waals surface area contributed by atoms with Crippen molar-refractivity contribution in [3.05, 3.63) is 34.6 Å². The van der Waals surface area contributed by atoms with Gasteiger partial charge in [-0.2, -0.15) is 0 Å². The molecule has 0 aromatic heterocycles. The minimum Gasteiger partial charge on any atom is -0.389 e. The molecule has 2 fully saturated rings. The van der Waals surface area contributed by atoms with Crippen molar-refractivity contribution >= 4 is 17.5 Å². The summed E-state index contributed by atoms with van der Waals surface area (Å²) in [6.45, 7) is 0.971. The Morgan fingerprint density at radius 2 is 2.19 bits per heavy atom. The molecule has 5 heteroatoms. The molecule has 0 spiro atoms. The van der Waals surface area contributed by atoms with Crippen molar-refractivity contribution in [1.82, 2.24) is 4.90 Å². The second-order valence-electron chi connectivity index (χ2n) is 6.17. The highest BCUT2D eigenvalue weighted by atomic mass is 35.5. The predicted molar refractivity (Wildman–Crippen MR) is 78.8 cm³/mol. The highest BCUT2D eigenvalue weighted by molar-refractivity contribution is 6.31. The van der Waals surface area contributed by atoms with Crippen molar-refractivity contribution in [3.63, 3.8) is 0 Å². The number of rotatable bonds is 1. The van der Waals surface area contributed by atoms with Crippen LogP contribution in [0.3, 0.4) is 0 Å². The number of nitrogens with zero attached hydrogens (tertiary/aromatic N) is 1. The molecule has 1 saturated carbocycles. The number of amides is 1. The standard InChI is InChI=1S/C16H19ClFNO2/c17-12-4-5-14(18)13(9-12)15(20)19-8-7-16(21)6-2-1-3-11(16)10-19/h4-5,9,11,21H,1-3,6-8,10H2. The van der Waals surface area contributed by atoms with Crippen LogP contribution < -0.4 is 0 Å².